The summed E-state index contributed by atoms with van der Waals surface area (Å²) in [6.07, 6.45) is -0.0913. The van der Waals surface area contributed by atoms with Gasteiger partial charge in [0.1, 0.15) is 30.2 Å². The van der Waals surface area contributed by atoms with Crippen molar-refractivity contribution >= 4 is 17.0 Å². The number of hydrogen-bond acceptors (Lipinski definition) is 11. The molecule has 1 unspecified atom stereocenters. The minimum Gasteiger partial charge on any atom is -0.493 e. The normalized spacial score (nSPS) is 26.1. The van der Waals surface area contributed by atoms with Crippen molar-refractivity contribution in [3.8, 4) is 17.2 Å². The summed E-state index contributed by atoms with van der Waals surface area (Å²) in [6.45, 7) is 0.0556. The fourth-order valence-electron chi connectivity index (χ4n) is 4.75. The molecule has 0 amide bonds. The second kappa shape index (κ2) is 8.87. The van der Waals surface area contributed by atoms with Crippen LogP contribution in [0, 0.1) is 0 Å². The van der Waals surface area contributed by atoms with Gasteiger partial charge in [0.15, 0.2) is 29.2 Å². The number of anilines is 1. The summed E-state index contributed by atoms with van der Waals surface area (Å²) in [5.41, 5.74) is 8.58. The molecule has 12 heteroatoms. The fourth-order valence-corrected chi connectivity index (χ4v) is 4.75. The van der Waals surface area contributed by atoms with Crippen LogP contribution >= 0.6 is 0 Å². The molecule has 0 spiro atoms. The van der Waals surface area contributed by atoms with Gasteiger partial charge in [-0.05, 0) is 24.5 Å². The molecule has 0 saturated carbocycles. The zero-order valence-corrected chi connectivity index (χ0v) is 19.0. The van der Waals surface area contributed by atoms with Crippen molar-refractivity contribution in [3.63, 3.8) is 0 Å². The number of methoxy groups -OCH3 is 3. The number of nitrogens with zero attached hydrogens (tertiary/aromatic N) is 4. The molecule has 0 bridgehead atoms. The molecule has 1 aromatic carbocycles. The molecule has 1 fully saturated rings. The quantitative estimate of drug-likeness (QED) is 0.445. The van der Waals surface area contributed by atoms with Crippen molar-refractivity contribution in [1.82, 2.24) is 19.5 Å². The summed E-state index contributed by atoms with van der Waals surface area (Å²) in [6, 6.07) is 1.93. The number of imidazole rings is 1. The van der Waals surface area contributed by atoms with Crippen molar-refractivity contribution in [1.29, 1.82) is 0 Å². The number of fused-ring (bicyclic) bond motifs is 2. The largest absolute Gasteiger partial charge is 0.493 e. The van der Waals surface area contributed by atoms with Crippen LogP contribution in [0.2, 0.25) is 0 Å². The highest BCUT2D eigenvalue weighted by atomic mass is 16.6. The first-order valence-electron chi connectivity index (χ1n) is 10.9. The SMILES string of the molecule is COc1cc2c(c(OC)c1OC)C(OC[C@H]1O[C@@H](n3cnc4c(N)ncnc43)[C@H](O)[C@@H]1O)CC2. The minimum atomic E-state index is -1.21. The Kier molecular flexibility index (Phi) is 5.90. The molecule has 1 aliphatic carbocycles. The number of ether oxygens (including phenoxy) is 5. The van der Waals surface area contributed by atoms with Gasteiger partial charge < -0.3 is 39.6 Å². The summed E-state index contributed by atoms with van der Waals surface area (Å²) in [7, 11) is 4.71. The number of nitrogen functional groups attached to an aromatic ring is 1. The molecule has 2 aromatic heterocycles. The Bertz CT molecular complexity index is 1200. The predicted octanol–water partition coefficient (Wildman–Crippen LogP) is 0.758. The number of benzene rings is 1. The van der Waals surface area contributed by atoms with E-state index in [0.717, 1.165) is 24.0 Å². The number of aliphatic hydroxyl groups excluding tert-OH is 2. The second-order valence-corrected chi connectivity index (χ2v) is 8.21. The lowest BCUT2D eigenvalue weighted by Crippen LogP contribution is -2.34. The standard InChI is InChI=1S/C22H27N5O7/c1-30-12-6-10-4-5-11(14(10)19(32-3)18(12)31-2)33-7-13-16(28)17(29)22(34-13)27-9-26-15-20(23)24-8-25-21(15)27/h6,8-9,11,13,16-17,22,28-29H,4-5,7H2,1-3H3,(H2,23,24,25)/t11?,13-,16-,17-,22-/m1/s1. The molecule has 5 atom stereocenters. The number of rotatable bonds is 7. The van der Waals surface area contributed by atoms with Gasteiger partial charge in [0, 0.05) is 5.56 Å². The molecule has 3 heterocycles. The van der Waals surface area contributed by atoms with E-state index in [2.05, 4.69) is 15.0 Å². The maximum absolute atomic E-state index is 10.7. The molecule has 12 nitrogen and oxygen atoms in total. The smallest absolute Gasteiger partial charge is 0.203 e. The van der Waals surface area contributed by atoms with Gasteiger partial charge in [0.25, 0.3) is 0 Å². The maximum Gasteiger partial charge on any atom is 0.203 e. The molecule has 34 heavy (non-hydrogen) atoms. The van der Waals surface area contributed by atoms with Crippen LogP contribution < -0.4 is 19.9 Å². The average molecular weight is 473 g/mol. The zero-order valence-electron chi connectivity index (χ0n) is 19.0. The van der Waals surface area contributed by atoms with E-state index in [1.54, 1.807) is 21.3 Å². The number of nitrogens with two attached hydrogens (primary N) is 1. The highest BCUT2D eigenvalue weighted by molar-refractivity contribution is 5.81. The third-order valence-corrected chi connectivity index (χ3v) is 6.41. The minimum absolute atomic E-state index is 0.0556. The molecule has 1 saturated heterocycles. The molecule has 4 N–H and O–H groups in total. The molecular weight excluding hydrogens is 446 g/mol. The Morgan fingerprint density at radius 2 is 1.88 bits per heavy atom. The van der Waals surface area contributed by atoms with Crippen LogP contribution in [0.4, 0.5) is 5.82 Å². The highest BCUT2D eigenvalue weighted by Gasteiger charge is 2.45. The molecule has 1 aliphatic heterocycles. The van der Waals surface area contributed by atoms with Gasteiger partial charge in [-0.1, -0.05) is 0 Å². The summed E-state index contributed by atoms with van der Waals surface area (Å²) in [4.78, 5) is 12.3. The van der Waals surface area contributed by atoms with Gasteiger partial charge in [-0.25, -0.2) is 15.0 Å². The third kappa shape index (κ3) is 3.50. The molecule has 3 aromatic rings. The van der Waals surface area contributed by atoms with E-state index in [9.17, 15) is 10.2 Å². The van der Waals surface area contributed by atoms with Crippen LogP contribution in [0.5, 0.6) is 17.2 Å². The van der Waals surface area contributed by atoms with Crippen molar-refractivity contribution in [2.45, 2.75) is 43.5 Å². The van der Waals surface area contributed by atoms with Crippen molar-refractivity contribution in [2.24, 2.45) is 0 Å². The van der Waals surface area contributed by atoms with Crippen molar-refractivity contribution in [3.05, 3.63) is 29.8 Å². The van der Waals surface area contributed by atoms with Gasteiger partial charge in [0.2, 0.25) is 5.75 Å². The van der Waals surface area contributed by atoms with E-state index in [1.807, 2.05) is 6.07 Å². The number of aryl methyl sites for hydroxylation is 1. The lowest BCUT2D eigenvalue weighted by Gasteiger charge is -2.22. The van der Waals surface area contributed by atoms with Crippen LogP contribution in [-0.4, -0.2) is 76.0 Å². The molecule has 0 radical (unpaired) electrons. The van der Waals surface area contributed by atoms with Gasteiger partial charge in [-0.15, -0.1) is 0 Å². The molecule has 5 rings (SSSR count). The van der Waals surface area contributed by atoms with Gasteiger partial charge in [0.05, 0.1) is 40.4 Å². The fraction of sp³-hybridized carbons (Fsp3) is 0.500. The van der Waals surface area contributed by atoms with Crippen LogP contribution in [0.1, 0.15) is 29.9 Å². The van der Waals surface area contributed by atoms with Crippen molar-refractivity contribution in [2.75, 3.05) is 33.7 Å². The molecule has 182 valence electrons. The van der Waals surface area contributed by atoms with Gasteiger partial charge >= 0.3 is 0 Å². The predicted molar refractivity (Wildman–Crippen MR) is 119 cm³/mol. The van der Waals surface area contributed by atoms with Gasteiger partial charge in [-0.2, -0.15) is 0 Å². The monoisotopic (exact) mass is 473 g/mol. The lowest BCUT2D eigenvalue weighted by molar-refractivity contribution is -0.0816. The number of aromatic nitrogens is 4. The third-order valence-electron chi connectivity index (χ3n) is 6.41. The Morgan fingerprint density at radius 1 is 1.09 bits per heavy atom. The molecular formula is C22H27N5O7. The first-order valence-corrected chi connectivity index (χ1v) is 10.9. The topological polar surface area (TPSA) is 156 Å². The number of aliphatic hydroxyl groups is 2. The summed E-state index contributed by atoms with van der Waals surface area (Å²) in [5.74, 6) is 1.88. The van der Waals surface area contributed by atoms with Gasteiger partial charge in [-0.3, -0.25) is 4.57 Å². The first kappa shape index (κ1) is 22.6. The van der Waals surface area contributed by atoms with E-state index in [1.165, 1.54) is 17.2 Å². The summed E-state index contributed by atoms with van der Waals surface area (Å²) >= 11 is 0. The van der Waals surface area contributed by atoms with Crippen LogP contribution in [-0.2, 0) is 15.9 Å². The van der Waals surface area contributed by atoms with E-state index < -0.39 is 24.5 Å². The second-order valence-electron chi connectivity index (χ2n) is 8.21. The summed E-state index contributed by atoms with van der Waals surface area (Å²) in [5, 5.41) is 21.3. The Balaban J connectivity index is 1.35. The van der Waals surface area contributed by atoms with E-state index >= 15 is 0 Å². The summed E-state index contributed by atoms with van der Waals surface area (Å²) < 4.78 is 30.3. The van der Waals surface area contributed by atoms with E-state index in [4.69, 9.17) is 29.4 Å². The van der Waals surface area contributed by atoms with Crippen LogP contribution in [0.25, 0.3) is 11.2 Å². The zero-order chi connectivity index (χ0) is 24.0. The lowest BCUT2D eigenvalue weighted by atomic mass is 10.1. The van der Waals surface area contributed by atoms with Crippen LogP contribution in [0.15, 0.2) is 18.7 Å². The Morgan fingerprint density at radius 3 is 2.62 bits per heavy atom. The Hall–Kier alpha value is -3.19. The highest BCUT2D eigenvalue weighted by Crippen LogP contribution is 2.49. The van der Waals surface area contributed by atoms with Crippen molar-refractivity contribution < 1.29 is 33.9 Å². The van der Waals surface area contributed by atoms with E-state index in [0.29, 0.717) is 28.4 Å². The van der Waals surface area contributed by atoms with E-state index in [-0.39, 0.29) is 18.5 Å². The first-order chi connectivity index (χ1) is 16.5. The van der Waals surface area contributed by atoms with Crippen LogP contribution in [0.3, 0.4) is 0 Å². The Labute approximate surface area is 195 Å². The maximum atomic E-state index is 10.7. The molecule has 2 aliphatic rings. The number of hydrogen-bond donors (Lipinski definition) is 3. The average Bonchev–Trinajstić information content (AvgIpc) is 3.53.